The quantitative estimate of drug-likeness (QED) is 0.738. The Bertz CT molecular complexity index is 419. The van der Waals surface area contributed by atoms with Crippen LogP contribution in [0.3, 0.4) is 0 Å². The molecule has 5 heteroatoms. The van der Waals surface area contributed by atoms with Crippen molar-refractivity contribution in [3.8, 4) is 0 Å². The van der Waals surface area contributed by atoms with E-state index in [1.54, 1.807) is 0 Å². The van der Waals surface area contributed by atoms with Crippen LogP contribution in [0.2, 0.25) is 0 Å². The number of piperidine rings is 1. The lowest BCUT2D eigenvalue weighted by atomic mass is 9.97. The minimum Gasteiger partial charge on any atom is -0.325 e. The second kappa shape index (κ2) is 6.15. The van der Waals surface area contributed by atoms with Gasteiger partial charge in [0, 0.05) is 14.0 Å². The Morgan fingerprint density at radius 1 is 1.41 bits per heavy atom. The predicted octanol–water partition coefficient (Wildman–Crippen LogP) is 2.99. The summed E-state index contributed by atoms with van der Waals surface area (Å²) in [7, 11) is 0. The summed E-state index contributed by atoms with van der Waals surface area (Å²) in [6.45, 7) is 1.87. The fourth-order valence-electron chi connectivity index (χ4n) is 1.91. The van der Waals surface area contributed by atoms with E-state index in [0.717, 1.165) is 39.7 Å². The van der Waals surface area contributed by atoms with Crippen LogP contribution in [-0.2, 0) is 4.79 Å². The molecule has 0 spiro atoms. The molecule has 17 heavy (non-hydrogen) atoms. The fraction of sp³-hybridized carbons (Fsp3) is 0.417. The second-order valence-corrected chi connectivity index (χ2v) is 6.24. The monoisotopic (exact) mass is 408 g/mol. The van der Waals surface area contributed by atoms with Gasteiger partial charge in [-0.3, -0.25) is 4.79 Å². The Morgan fingerprint density at radius 2 is 2.12 bits per heavy atom. The first-order valence-electron chi connectivity index (χ1n) is 5.63. The van der Waals surface area contributed by atoms with Gasteiger partial charge in [-0.15, -0.1) is 0 Å². The van der Waals surface area contributed by atoms with E-state index in [2.05, 4.69) is 49.2 Å². The van der Waals surface area contributed by atoms with Gasteiger partial charge in [0.1, 0.15) is 0 Å². The van der Waals surface area contributed by atoms with E-state index in [1.165, 1.54) is 0 Å². The summed E-state index contributed by atoms with van der Waals surface area (Å²) in [4.78, 5) is 12.0. The molecule has 1 saturated heterocycles. The van der Waals surface area contributed by atoms with Crippen LogP contribution >= 0.6 is 38.5 Å². The number of hydrogen-bond donors (Lipinski definition) is 2. The first kappa shape index (κ1) is 13.3. The van der Waals surface area contributed by atoms with Crippen molar-refractivity contribution in [2.75, 3.05) is 18.4 Å². The Labute approximate surface area is 123 Å². The molecule has 2 rings (SSSR count). The number of halogens is 2. The topological polar surface area (TPSA) is 41.1 Å². The van der Waals surface area contributed by atoms with E-state index in [-0.39, 0.29) is 11.8 Å². The number of carbonyl (C=O) groups is 1. The van der Waals surface area contributed by atoms with Crippen LogP contribution in [0.5, 0.6) is 0 Å². The number of nitrogens with one attached hydrogen (secondary N) is 2. The van der Waals surface area contributed by atoms with Crippen LogP contribution in [0.1, 0.15) is 12.8 Å². The minimum absolute atomic E-state index is 0.133. The molecule has 1 aliphatic heterocycles. The van der Waals surface area contributed by atoms with Gasteiger partial charge in [0.15, 0.2) is 0 Å². The molecule has 1 aliphatic rings. The Morgan fingerprint density at radius 3 is 2.76 bits per heavy atom. The highest BCUT2D eigenvalue weighted by Gasteiger charge is 2.21. The third kappa shape index (κ3) is 3.66. The molecule has 1 fully saturated rings. The minimum atomic E-state index is 0.133. The average molecular weight is 409 g/mol. The van der Waals surface area contributed by atoms with Crippen LogP contribution in [0.25, 0.3) is 0 Å². The van der Waals surface area contributed by atoms with Gasteiger partial charge in [0.25, 0.3) is 0 Å². The first-order chi connectivity index (χ1) is 8.16. The highest BCUT2D eigenvalue weighted by Crippen LogP contribution is 2.25. The zero-order valence-electron chi connectivity index (χ0n) is 9.30. The van der Waals surface area contributed by atoms with Gasteiger partial charge in [-0.25, -0.2) is 0 Å². The highest BCUT2D eigenvalue weighted by molar-refractivity contribution is 14.1. The predicted molar refractivity (Wildman–Crippen MR) is 81.1 cm³/mol. The van der Waals surface area contributed by atoms with Crippen molar-refractivity contribution in [3.05, 3.63) is 26.2 Å². The van der Waals surface area contributed by atoms with Gasteiger partial charge in [-0.05, 0) is 82.7 Å². The van der Waals surface area contributed by atoms with Gasteiger partial charge in [0.2, 0.25) is 5.91 Å². The smallest absolute Gasteiger partial charge is 0.227 e. The lowest BCUT2D eigenvalue weighted by Crippen LogP contribution is -2.34. The normalized spacial score (nSPS) is 16.8. The molecule has 0 aromatic heterocycles. The lowest BCUT2D eigenvalue weighted by Gasteiger charge is -2.22. The molecule has 0 aliphatic carbocycles. The third-order valence-corrected chi connectivity index (χ3v) is 4.23. The van der Waals surface area contributed by atoms with E-state index in [9.17, 15) is 4.79 Å². The van der Waals surface area contributed by atoms with Crippen molar-refractivity contribution in [1.82, 2.24) is 5.32 Å². The molecular weight excluding hydrogens is 395 g/mol. The van der Waals surface area contributed by atoms with Gasteiger partial charge < -0.3 is 10.6 Å². The van der Waals surface area contributed by atoms with Crippen LogP contribution in [0.4, 0.5) is 5.69 Å². The molecule has 0 bridgehead atoms. The van der Waals surface area contributed by atoms with Crippen molar-refractivity contribution in [2.45, 2.75) is 12.8 Å². The third-order valence-electron chi connectivity index (χ3n) is 2.90. The maximum absolute atomic E-state index is 12.0. The Hall–Kier alpha value is -0.140. The summed E-state index contributed by atoms with van der Waals surface area (Å²) in [5.41, 5.74) is 0.856. The molecule has 1 aromatic carbocycles. The summed E-state index contributed by atoms with van der Waals surface area (Å²) in [6.07, 6.45) is 1.85. The van der Waals surface area contributed by atoms with Gasteiger partial charge in [-0.1, -0.05) is 0 Å². The van der Waals surface area contributed by atoms with E-state index in [1.807, 2.05) is 18.2 Å². The van der Waals surface area contributed by atoms with Crippen molar-refractivity contribution in [2.24, 2.45) is 5.92 Å². The molecule has 1 heterocycles. The molecule has 0 atom stereocenters. The molecule has 1 aromatic rings. The number of hydrogen-bond acceptors (Lipinski definition) is 2. The van der Waals surface area contributed by atoms with Gasteiger partial charge in [-0.2, -0.15) is 0 Å². The van der Waals surface area contributed by atoms with Gasteiger partial charge in [0.05, 0.1) is 5.69 Å². The molecule has 0 unspecified atom stereocenters. The highest BCUT2D eigenvalue weighted by atomic mass is 127. The standard InChI is InChI=1S/C12H14BrIN2O/c13-10-7-9(14)1-2-11(10)16-12(17)8-3-5-15-6-4-8/h1-2,7-8,15H,3-6H2,(H,16,17). The number of anilines is 1. The summed E-state index contributed by atoms with van der Waals surface area (Å²) in [5, 5.41) is 6.25. The van der Waals surface area contributed by atoms with Crippen LogP contribution in [0.15, 0.2) is 22.7 Å². The maximum Gasteiger partial charge on any atom is 0.227 e. The summed E-state index contributed by atoms with van der Waals surface area (Å²) >= 11 is 5.72. The Balaban J connectivity index is 2.02. The van der Waals surface area contributed by atoms with Crippen LogP contribution < -0.4 is 10.6 Å². The maximum atomic E-state index is 12.0. The number of amides is 1. The molecule has 0 radical (unpaired) electrons. The second-order valence-electron chi connectivity index (χ2n) is 4.14. The Kier molecular flexibility index (Phi) is 4.81. The molecule has 0 saturated carbocycles. The van der Waals surface area contributed by atoms with E-state index in [4.69, 9.17) is 0 Å². The zero-order valence-corrected chi connectivity index (χ0v) is 13.0. The lowest BCUT2D eigenvalue weighted by molar-refractivity contribution is -0.120. The van der Waals surface area contributed by atoms with Crippen LogP contribution in [-0.4, -0.2) is 19.0 Å². The van der Waals surface area contributed by atoms with E-state index < -0.39 is 0 Å². The van der Waals surface area contributed by atoms with E-state index >= 15 is 0 Å². The SMILES string of the molecule is O=C(Nc1ccc(I)cc1Br)C1CCNCC1. The van der Waals surface area contributed by atoms with Crippen molar-refractivity contribution >= 4 is 50.1 Å². The molecule has 2 N–H and O–H groups in total. The fourth-order valence-corrected chi connectivity index (χ4v) is 3.31. The van der Waals surface area contributed by atoms with Gasteiger partial charge >= 0.3 is 0 Å². The number of rotatable bonds is 2. The first-order valence-corrected chi connectivity index (χ1v) is 7.50. The van der Waals surface area contributed by atoms with Crippen LogP contribution in [0, 0.1) is 9.49 Å². The molecule has 92 valence electrons. The zero-order chi connectivity index (χ0) is 12.3. The molecule has 3 nitrogen and oxygen atoms in total. The average Bonchev–Trinajstić information content (AvgIpc) is 2.34. The summed E-state index contributed by atoms with van der Waals surface area (Å²) in [5.74, 6) is 0.274. The summed E-state index contributed by atoms with van der Waals surface area (Å²) < 4.78 is 2.08. The van der Waals surface area contributed by atoms with Crippen molar-refractivity contribution in [1.29, 1.82) is 0 Å². The van der Waals surface area contributed by atoms with E-state index in [0.29, 0.717) is 0 Å². The van der Waals surface area contributed by atoms with Crippen molar-refractivity contribution in [3.63, 3.8) is 0 Å². The summed E-state index contributed by atoms with van der Waals surface area (Å²) in [6, 6.07) is 5.92. The number of benzene rings is 1. The number of carbonyl (C=O) groups excluding carboxylic acids is 1. The van der Waals surface area contributed by atoms with Crippen molar-refractivity contribution < 1.29 is 4.79 Å². The molecule has 1 amide bonds. The molecular formula is C12H14BrIN2O. The largest absolute Gasteiger partial charge is 0.325 e.